The van der Waals surface area contributed by atoms with Crippen LogP contribution in [-0.2, 0) is 9.59 Å². The molecule has 54 valence electrons. The first-order valence-electron chi connectivity index (χ1n) is 2.40. The number of nitrogens with zero attached hydrogens (tertiary/aromatic N) is 1. The second-order valence-electron chi connectivity index (χ2n) is 1.49. The second-order valence-corrected chi connectivity index (χ2v) is 3.42. The Hall–Kier alpha value is -0.130. The van der Waals surface area contributed by atoms with Gasteiger partial charge >= 0.3 is 64.8 Å². The summed E-state index contributed by atoms with van der Waals surface area (Å²) in [5.74, 6) is -0.282. The van der Waals surface area contributed by atoms with Crippen LogP contribution < -0.4 is 21.5 Å². The second kappa shape index (κ2) is 3.81. The Morgan fingerprint density at radius 1 is 1.22 bits per heavy atom. The van der Waals surface area contributed by atoms with Crippen LogP contribution in [0.15, 0.2) is 0 Å². The van der Waals surface area contributed by atoms with Crippen LogP contribution in [0.1, 0.15) is 13.8 Å². The predicted molar refractivity (Wildman–Crippen MR) is 29.1 cm³/mol. The fourth-order valence-electron chi connectivity index (χ4n) is 0.460. The topological polar surface area (TPSA) is 37.4 Å². The van der Waals surface area contributed by atoms with Gasteiger partial charge in [0.2, 0.25) is 0 Å². The van der Waals surface area contributed by atoms with Gasteiger partial charge in [0, 0.05) is 0 Å². The van der Waals surface area contributed by atoms with Crippen LogP contribution in [0.4, 0.5) is 0 Å². The first kappa shape index (κ1) is 8.87. The molecule has 0 aromatic rings. The fraction of sp³-hybridized carbons (Fsp3) is 0.600. The van der Waals surface area contributed by atoms with Gasteiger partial charge in [-0.05, 0) is 0 Å². The van der Waals surface area contributed by atoms with Gasteiger partial charge in [-0.3, -0.25) is 0 Å². The van der Waals surface area contributed by atoms with Crippen molar-refractivity contribution in [2.75, 3.05) is 4.93 Å². The molecule has 0 saturated heterocycles. The van der Waals surface area contributed by atoms with E-state index in [2.05, 4.69) is 0 Å². The zero-order valence-corrected chi connectivity index (χ0v) is 7.80. The third-order valence-electron chi connectivity index (χ3n) is 0.722. The molecule has 0 N–H and O–H groups in total. The molecule has 4 heteroatoms. The Balaban J connectivity index is 3.99. The zero-order chi connectivity index (χ0) is 7.44. The van der Waals surface area contributed by atoms with E-state index in [1.807, 2.05) is 4.93 Å². The van der Waals surface area contributed by atoms with Crippen molar-refractivity contribution in [1.82, 2.24) is 3.11 Å². The van der Waals surface area contributed by atoms with Crippen molar-refractivity contribution in [3.63, 3.8) is 0 Å². The number of halogens is 1. The van der Waals surface area contributed by atoms with E-state index in [0.717, 1.165) is 0 Å². The molecular formula is C5H9INO2-. The van der Waals surface area contributed by atoms with Gasteiger partial charge in [-0.1, -0.05) is 0 Å². The van der Waals surface area contributed by atoms with Crippen LogP contribution in [-0.4, -0.2) is 19.9 Å². The minimum absolute atomic E-state index is 0.141. The molecule has 0 saturated carbocycles. The molecule has 0 aliphatic heterocycles. The van der Waals surface area contributed by atoms with Gasteiger partial charge in [0.25, 0.3) is 0 Å². The van der Waals surface area contributed by atoms with Crippen LogP contribution in [0.3, 0.4) is 0 Å². The number of hydrogen-bond acceptors (Lipinski definition) is 2. The summed E-state index contributed by atoms with van der Waals surface area (Å²) in [7, 11) is 0. The van der Waals surface area contributed by atoms with Crippen molar-refractivity contribution >= 4 is 11.8 Å². The molecule has 0 radical (unpaired) electrons. The van der Waals surface area contributed by atoms with E-state index < -0.39 is 21.5 Å². The summed E-state index contributed by atoms with van der Waals surface area (Å²) in [5, 5.41) is 0. The van der Waals surface area contributed by atoms with Crippen molar-refractivity contribution in [3.05, 3.63) is 0 Å². The molecule has 0 unspecified atom stereocenters. The summed E-state index contributed by atoms with van der Waals surface area (Å²) >= 11 is -0.405. The third-order valence-corrected chi connectivity index (χ3v) is 3.05. The first-order valence-corrected chi connectivity index (χ1v) is 5.52. The average Bonchev–Trinajstić information content (AvgIpc) is 1.64. The number of hydrogen-bond donors (Lipinski definition) is 0. The van der Waals surface area contributed by atoms with E-state index in [0.29, 0.717) is 0 Å². The van der Waals surface area contributed by atoms with E-state index in [4.69, 9.17) is 0 Å². The molecule has 0 aromatic heterocycles. The average molecular weight is 242 g/mol. The van der Waals surface area contributed by atoms with Gasteiger partial charge in [-0.15, -0.1) is 0 Å². The van der Waals surface area contributed by atoms with Crippen LogP contribution in [0, 0.1) is 0 Å². The number of carbonyl (C=O) groups excluding carboxylic acids is 2. The summed E-state index contributed by atoms with van der Waals surface area (Å²) < 4.78 is 1.29. The molecule has 0 aliphatic carbocycles. The Morgan fingerprint density at radius 3 is 1.56 bits per heavy atom. The molecule has 0 rings (SSSR count). The van der Waals surface area contributed by atoms with Gasteiger partial charge in [-0.25, -0.2) is 0 Å². The van der Waals surface area contributed by atoms with E-state index in [1.54, 1.807) is 0 Å². The van der Waals surface area contributed by atoms with Crippen molar-refractivity contribution in [1.29, 1.82) is 0 Å². The van der Waals surface area contributed by atoms with Gasteiger partial charge < -0.3 is 0 Å². The van der Waals surface area contributed by atoms with E-state index in [9.17, 15) is 9.59 Å². The molecule has 0 atom stereocenters. The van der Waals surface area contributed by atoms with Gasteiger partial charge in [0.1, 0.15) is 0 Å². The molecule has 0 aliphatic rings. The van der Waals surface area contributed by atoms with E-state index in [1.165, 1.54) is 17.0 Å². The normalized spacial score (nSPS) is 9.22. The molecule has 2 amide bonds. The Labute approximate surface area is 65.0 Å². The number of alkyl halides is 1. The minimum atomic E-state index is -0.405. The van der Waals surface area contributed by atoms with Crippen LogP contribution in [0.5, 0.6) is 0 Å². The maximum absolute atomic E-state index is 10.5. The van der Waals surface area contributed by atoms with Crippen molar-refractivity contribution in [3.8, 4) is 0 Å². The summed E-state index contributed by atoms with van der Waals surface area (Å²) in [6.07, 6.45) is 0. The quantitative estimate of drug-likeness (QED) is 0.279. The molecular weight excluding hydrogens is 233 g/mol. The molecule has 9 heavy (non-hydrogen) atoms. The van der Waals surface area contributed by atoms with Crippen LogP contribution in [0.25, 0.3) is 0 Å². The molecule has 0 aromatic carbocycles. The SMILES string of the molecule is C[I-]N(C(C)=O)C(C)=O. The van der Waals surface area contributed by atoms with E-state index >= 15 is 0 Å². The molecule has 0 fully saturated rings. The van der Waals surface area contributed by atoms with Gasteiger partial charge in [0.05, 0.1) is 0 Å². The Bertz CT molecular complexity index is 121. The van der Waals surface area contributed by atoms with Gasteiger partial charge in [-0.2, -0.15) is 0 Å². The molecule has 0 bridgehead atoms. The van der Waals surface area contributed by atoms with Crippen molar-refractivity contribution in [2.45, 2.75) is 13.8 Å². The molecule has 0 heterocycles. The fourth-order valence-corrected chi connectivity index (χ4v) is 1.82. The van der Waals surface area contributed by atoms with E-state index in [-0.39, 0.29) is 11.8 Å². The third kappa shape index (κ3) is 2.78. The number of imide groups is 1. The van der Waals surface area contributed by atoms with Crippen LogP contribution >= 0.6 is 0 Å². The van der Waals surface area contributed by atoms with Crippen molar-refractivity contribution < 1.29 is 31.1 Å². The summed E-state index contributed by atoms with van der Waals surface area (Å²) in [5.41, 5.74) is 0. The molecule has 3 nitrogen and oxygen atoms in total. The zero-order valence-electron chi connectivity index (χ0n) is 5.64. The number of rotatable bonds is 1. The predicted octanol–water partition coefficient (Wildman–Crippen LogP) is -2.98. The Morgan fingerprint density at radius 2 is 1.56 bits per heavy atom. The first-order chi connectivity index (χ1) is 4.09. The standard InChI is InChI=1S/C5H9INO2/c1-4(8)7(6-3)5(2)9/h1-3H3/q-1. The Kier molecular flexibility index (Phi) is 3.76. The summed E-state index contributed by atoms with van der Waals surface area (Å²) in [4.78, 5) is 23.0. The van der Waals surface area contributed by atoms with Crippen LogP contribution in [0.2, 0.25) is 0 Å². The monoisotopic (exact) mass is 242 g/mol. The summed E-state index contributed by atoms with van der Waals surface area (Å²) in [6.45, 7) is 2.81. The number of carbonyl (C=O) groups is 2. The maximum atomic E-state index is 10.5. The van der Waals surface area contributed by atoms with Crippen molar-refractivity contribution in [2.24, 2.45) is 0 Å². The summed E-state index contributed by atoms with van der Waals surface area (Å²) in [6, 6.07) is 0. The van der Waals surface area contributed by atoms with Gasteiger partial charge in [0.15, 0.2) is 0 Å². The molecule has 0 spiro atoms. The number of amides is 2.